The van der Waals surface area contributed by atoms with Crippen LogP contribution in [0.3, 0.4) is 0 Å². The molecule has 0 fully saturated rings. The number of carboxylic acid groups (broad SMARTS) is 1. The van der Waals surface area contributed by atoms with Crippen LogP contribution in [0.25, 0.3) is 38.8 Å². The highest BCUT2D eigenvalue weighted by Gasteiger charge is 2.59. The summed E-state index contributed by atoms with van der Waals surface area (Å²) in [5, 5.41) is 15.5. The van der Waals surface area contributed by atoms with Crippen LogP contribution in [0.1, 0.15) is 110 Å². The van der Waals surface area contributed by atoms with Gasteiger partial charge in [-0.05, 0) is 138 Å². The Morgan fingerprint density at radius 2 is 0.986 bits per heavy atom. The number of amides is 1. The van der Waals surface area contributed by atoms with E-state index in [0.717, 1.165) is 37.4 Å². The van der Waals surface area contributed by atoms with Gasteiger partial charge in [0.15, 0.2) is 5.71 Å². The van der Waals surface area contributed by atoms with Crippen LogP contribution in [0.15, 0.2) is 162 Å². The van der Waals surface area contributed by atoms with Crippen LogP contribution < -0.4 is 9.91 Å². The minimum Gasteiger partial charge on any atom is -0.476 e. The van der Waals surface area contributed by atoms with Crippen LogP contribution in [0, 0.1) is 21.7 Å². The Morgan fingerprint density at radius 3 is 1.46 bits per heavy atom. The van der Waals surface area contributed by atoms with Crippen LogP contribution in [-0.2, 0) is 20.4 Å². The van der Waals surface area contributed by atoms with E-state index in [0.29, 0.717) is 5.69 Å². The second-order valence-electron chi connectivity index (χ2n) is 23.4. The van der Waals surface area contributed by atoms with Gasteiger partial charge < -0.3 is 10.0 Å². The summed E-state index contributed by atoms with van der Waals surface area (Å²) in [5.74, 6) is -1.72. The molecule has 6 nitrogen and oxygen atoms in total. The number of carbonyl (C=O) groups excluding carboxylic acids is 1. The van der Waals surface area contributed by atoms with Crippen molar-refractivity contribution in [2.45, 2.75) is 93.9 Å². The van der Waals surface area contributed by atoms with E-state index in [9.17, 15) is 14.7 Å². The molecular weight excluding hydrogens is 879 g/mol. The minimum absolute atomic E-state index is 0.0505. The molecular formula is C63H63N3O3S. The van der Waals surface area contributed by atoms with Gasteiger partial charge in [-0.1, -0.05) is 174 Å². The van der Waals surface area contributed by atoms with E-state index < -0.39 is 11.9 Å². The summed E-state index contributed by atoms with van der Waals surface area (Å²) < 4.78 is 0. The van der Waals surface area contributed by atoms with Crippen LogP contribution >= 0.6 is 11.3 Å². The van der Waals surface area contributed by atoms with Gasteiger partial charge in [-0.3, -0.25) is 4.79 Å². The molecule has 0 unspecified atom stereocenters. The molecule has 354 valence electrons. The lowest BCUT2D eigenvalue weighted by Gasteiger charge is -2.53. The highest BCUT2D eigenvalue weighted by Crippen LogP contribution is 2.67. The first kappa shape index (κ1) is 46.9. The molecule has 1 amide bonds. The van der Waals surface area contributed by atoms with E-state index in [1.54, 1.807) is 30.3 Å². The predicted molar refractivity (Wildman–Crippen MR) is 292 cm³/mol. The van der Waals surface area contributed by atoms with Gasteiger partial charge in [0.05, 0.1) is 11.3 Å². The SMILES string of the molecule is CC(C)(C)C1(C(C)(C)C)c2ccccc2-c2ccc(N(c3ccc(-c4ccc(C=C5C(=O)N(c6ccccc6)N=C5C(=O)O)s4)cc3)c3ccc4c(c3)C(C(C)(C)C)(C(C)(C)C)c3ccccc3-4)cc21. The number of nitrogens with zero attached hydrogens (tertiary/aromatic N) is 3. The topological polar surface area (TPSA) is 73.2 Å². The van der Waals surface area contributed by atoms with E-state index in [1.165, 1.54) is 55.8 Å². The Morgan fingerprint density at radius 1 is 0.543 bits per heavy atom. The lowest BCUT2D eigenvalue weighted by atomic mass is 9.50. The van der Waals surface area contributed by atoms with Crippen LogP contribution in [0.2, 0.25) is 0 Å². The summed E-state index contributed by atoms with van der Waals surface area (Å²) in [5.41, 5.74) is 14.1. The van der Waals surface area contributed by atoms with Gasteiger partial charge in [-0.2, -0.15) is 10.1 Å². The van der Waals surface area contributed by atoms with Gasteiger partial charge in [0.2, 0.25) is 0 Å². The summed E-state index contributed by atoms with van der Waals surface area (Å²) in [6, 6.07) is 54.0. The number of hydrazone groups is 1. The zero-order chi connectivity index (χ0) is 49.9. The van der Waals surface area contributed by atoms with Crippen molar-refractivity contribution in [3.05, 3.63) is 184 Å². The molecule has 0 bridgehead atoms. The number of hydrogen-bond acceptors (Lipinski definition) is 5. The molecule has 0 saturated heterocycles. The number of para-hydroxylation sites is 1. The van der Waals surface area contributed by atoms with E-state index in [-0.39, 0.29) is 43.8 Å². The molecule has 70 heavy (non-hydrogen) atoms. The third-order valence-corrected chi connectivity index (χ3v) is 16.6. The van der Waals surface area contributed by atoms with Gasteiger partial charge in [0.25, 0.3) is 5.91 Å². The molecule has 0 saturated carbocycles. The van der Waals surface area contributed by atoms with Gasteiger partial charge in [-0.25, -0.2) is 4.79 Å². The molecule has 7 aromatic rings. The van der Waals surface area contributed by atoms with Crippen LogP contribution in [0.5, 0.6) is 0 Å². The standard InChI is InChI=1S/C63H63N3O3S/c1-58(2,3)62(59(4,5)6)50-24-18-16-22-45(50)47-33-30-42(36-52(47)62)65(43-31-34-48-46-23-17-19-25-51(46)63(53(48)37-43,60(7,8)9)61(10,11)12)40-28-26-39(27-29-40)54-35-32-44(70-54)38-49-55(57(68)69)64-66(56(49)67)41-20-14-13-15-21-41/h13-38H,1-12H3,(H,68,69). The van der Waals surface area contributed by atoms with Crippen molar-refractivity contribution < 1.29 is 14.7 Å². The number of anilines is 4. The maximum absolute atomic E-state index is 13.6. The third kappa shape index (κ3) is 6.82. The number of carboxylic acids is 1. The van der Waals surface area contributed by atoms with Gasteiger partial charge >= 0.3 is 5.97 Å². The number of carbonyl (C=O) groups is 2. The van der Waals surface area contributed by atoms with Crippen molar-refractivity contribution in [2.75, 3.05) is 9.91 Å². The Balaban J connectivity index is 1.12. The van der Waals surface area contributed by atoms with Crippen molar-refractivity contribution in [2.24, 2.45) is 26.8 Å². The third-order valence-electron chi connectivity index (χ3n) is 15.5. The quantitative estimate of drug-likeness (QED) is 0.162. The van der Waals surface area contributed by atoms with Gasteiger partial charge in [0, 0.05) is 37.6 Å². The first-order valence-corrected chi connectivity index (χ1v) is 25.2. The predicted octanol–water partition coefficient (Wildman–Crippen LogP) is 16.5. The monoisotopic (exact) mass is 941 g/mol. The average Bonchev–Trinajstić information content (AvgIpc) is 4.06. The molecule has 3 aliphatic rings. The smallest absolute Gasteiger partial charge is 0.357 e. The molecule has 0 spiro atoms. The Labute approximate surface area is 418 Å². The van der Waals surface area contributed by atoms with Crippen molar-refractivity contribution in [1.82, 2.24) is 0 Å². The second kappa shape index (κ2) is 16.1. The van der Waals surface area contributed by atoms with Crippen molar-refractivity contribution in [3.8, 4) is 32.7 Å². The number of aliphatic carboxylic acids is 1. The normalized spacial score (nSPS) is 16.5. The molecule has 10 rings (SSSR count). The average molecular weight is 942 g/mol. The second-order valence-corrected chi connectivity index (χ2v) is 24.5. The lowest BCUT2D eigenvalue weighted by molar-refractivity contribution is -0.129. The first-order valence-electron chi connectivity index (χ1n) is 24.4. The molecule has 1 aliphatic heterocycles. The van der Waals surface area contributed by atoms with E-state index in [4.69, 9.17) is 0 Å². The number of fused-ring (bicyclic) bond motifs is 6. The Hall–Kier alpha value is -6.83. The number of benzene rings is 6. The Kier molecular flexibility index (Phi) is 10.8. The van der Waals surface area contributed by atoms with Gasteiger partial charge in [0.1, 0.15) is 0 Å². The zero-order valence-corrected chi connectivity index (χ0v) is 43.3. The maximum Gasteiger partial charge on any atom is 0.357 e. The summed E-state index contributed by atoms with van der Waals surface area (Å²) in [6.07, 6.45) is 1.64. The Bertz CT molecular complexity index is 3150. The zero-order valence-electron chi connectivity index (χ0n) is 42.5. The van der Waals surface area contributed by atoms with Crippen molar-refractivity contribution in [1.29, 1.82) is 0 Å². The maximum atomic E-state index is 13.6. The van der Waals surface area contributed by atoms with Crippen molar-refractivity contribution in [3.63, 3.8) is 0 Å². The fourth-order valence-electron chi connectivity index (χ4n) is 13.7. The largest absolute Gasteiger partial charge is 0.476 e. The summed E-state index contributed by atoms with van der Waals surface area (Å²) >= 11 is 1.51. The molecule has 2 heterocycles. The highest BCUT2D eigenvalue weighted by atomic mass is 32.1. The van der Waals surface area contributed by atoms with E-state index in [2.05, 4.69) is 202 Å². The fraction of sp³-hybridized carbons (Fsp3) is 0.286. The minimum atomic E-state index is -1.25. The molecule has 6 aromatic carbocycles. The molecule has 1 N–H and O–H groups in total. The molecule has 1 aromatic heterocycles. The molecule has 0 atom stereocenters. The van der Waals surface area contributed by atoms with Crippen molar-refractivity contribution >= 4 is 57.8 Å². The summed E-state index contributed by atoms with van der Waals surface area (Å²) in [4.78, 5) is 30.2. The number of hydrogen-bond donors (Lipinski definition) is 1. The van der Waals surface area contributed by atoms with Crippen LogP contribution in [-0.4, -0.2) is 22.7 Å². The van der Waals surface area contributed by atoms with Gasteiger partial charge in [-0.15, -0.1) is 11.3 Å². The lowest BCUT2D eigenvalue weighted by Crippen LogP contribution is -2.50. The van der Waals surface area contributed by atoms with E-state index in [1.807, 2.05) is 18.2 Å². The molecule has 0 radical (unpaired) electrons. The summed E-state index contributed by atoms with van der Waals surface area (Å²) in [6.45, 7) is 28.8. The highest BCUT2D eigenvalue weighted by molar-refractivity contribution is 7.16. The molecule has 2 aliphatic carbocycles. The first-order chi connectivity index (χ1) is 33.0. The summed E-state index contributed by atoms with van der Waals surface area (Å²) in [7, 11) is 0. The fourth-order valence-corrected chi connectivity index (χ4v) is 14.6. The molecule has 7 heteroatoms. The van der Waals surface area contributed by atoms with Crippen LogP contribution in [0.4, 0.5) is 22.7 Å². The number of thiophene rings is 1. The van der Waals surface area contributed by atoms with E-state index >= 15 is 0 Å². The number of rotatable bonds is 7.